The van der Waals surface area contributed by atoms with Crippen LogP contribution in [0.5, 0.6) is 5.75 Å². The summed E-state index contributed by atoms with van der Waals surface area (Å²) in [5, 5.41) is 23.0. The number of ketones is 1. The maximum absolute atomic E-state index is 11.4. The number of hydrogen-bond acceptors (Lipinski definition) is 5. The van der Waals surface area contributed by atoms with E-state index in [0.29, 0.717) is 29.8 Å². The van der Waals surface area contributed by atoms with Crippen LogP contribution >= 0.6 is 0 Å². The summed E-state index contributed by atoms with van der Waals surface area (Å²) in [6.45, 7) is 2.04. The lowest BCUT2D eigenvalue weighted by molar-refractivity contribution is 0.0127. The van der Waals surface area contributed by atoms with Crippen LogP contribution in [0.4, 0.5) is 0 Å². The zero-order valence-corrected chi connectivity index (χ0v) is 11.5. The number of carbonyl (C=O) groups excluding carboxylic acids is 1. The summed E-state index contributed by atoms with van der Waals surface area (Å²) in [7, 11) is 3.26. The highest BCUT2D eigenvalue weighted by Gasteiger charge is 2.22. The van der Waals surface area contributed by atoms with Crippen molar-refractivity contribution in [1.29, 1.82) is 0 Å². The third-order valence-electron chi connectivity index (χ3n) is 3.01. The Hall–Kier alpha value is -1.43. The minimum Gasteiger partial charge on any atom is -0.496 e. The third kappa shape index (κ3) is 4.02. The summed E-state index contributed by atoms with van der Waals surface area (Å²) >= 11 is 0. The van der Waals surface area contributed by atoms with Gasteiger partial charge in [-0.1, -0.05) is 0 Å². The lowest BCUT2D eigenvalue weighted by atomic mass is 9.98. The van der Waals surface area contributed by atoms with Gasteiger partial charge in [-0.15, -0.1) is 0 Å². The molecule has 0 aliphatic rings. The lowest BCUT2D eigenvalue weighted by Gasteiger charge is -2.20. The maximum Gasteiger partial charge on any atom is 0.159 e. The Morgan fingerprint density at radius 1 is 1.42 bits per heavy atom. The summed E-state index contributed by atoms with van der Waals surface area (Å²) in [4.78, 5) is 11.4. The zero-order valence-electron chi connectivity index (χ0n) is 11.5. The van der Waals surface area contributed by atoms with Crippen molar-refractivity contribution >= 4 is 5.78 Å². The molecule has 0 aliphatic heterocycles. The van der Waals surface area contributed by atoms with Crippen LogP contribution in [-0.2, 0) is 0 Å². The van der Waals surface area contributed by atoms with Crippen LogP contribution in [-0.4, -0.2) is 42.8 Å². The van der Waals surface area contributed by atoms with Gasteiger partial charge < -0.3 is 20.3 Å². The van der Waals surface area contributed by atoms with E-state index < -0.39 is 12.2 Å². The number of aliphatic hydroxyl groups is 2. The van der Waals surface area contributed by atoms with Gasteiger partial charge in [0.1, 0.15) is 11.9 Å². The molecule has 0 bridgehead atoms. The van der Waals surface area contributed by atoms with Crippen LogP contribution in [0.15, 0.2) is 18.2 Å². The molecule has 0 amide bonds. The van der Waals surface area contributed by atoms with Crippen molar-refractivity contribution in [2.45, 2.75) is 25.6 Å². The first-order valence-corrected chi connectivity index (χ1v) is 6.20. The summed E-state index contributed by atoms with van der Waals surface area (Å²) in [5.41, 5.74) is 0.912. The Labute approximate surface area is 113 Å². The topological polar surface area (TPSA) is 78.8 Å². The molecular formula is C14H21NO4. The van der Waals surface area contributed by atoms with Gasteiger partial charge in [0.15, 0.2) is 5.78 Å². The van der Waals surface area contributed by atoms with E-state index in [2.05, 4.69) is 5.32 Å². The number of aliphatic hydroxyl groups excluding tert-OH is 2. The van der Waals surface area contributed by atoms with Gasteiger partial charge in [0.2, 0.25) is 0 Å². The molecule has 5 nitrogen and oxygen atoms in total. The molecule has 0 saturated carbocycles. The zero-order chi connectivity index (χ0) is 14.4. The molecule has 0 aromatic heterocycles. The molecule has 0 fully saturated rings. The van der Waals surface area contributed by atoms with Crippen LogP contribution in [0.3, 0.4) is 0 Å². The monoisotopic (exact) mass is 267 g/mol. The number of ether oxygens (including phenoxy) is 1. The number of Topliss-reactive ketones (excluding diaryl/α,β-unsaturated/α-hetero) is 1. The molecule has 5 heteroatoms. The molecule has 2 unspecified atom stereocenters. The number of rotatable bonds is 7. The second-order valence-electron chi connectivity index (χ2n) is 4.42. The van der Waals surface area contributed by atoms with Gasteiger partial charge in [0, 0.05) is 11.1 Å². The van der Waals surface area contributed by atoms with E-state index >= 15 is 0 Å². The molecule has 19 heavy (non-hydrogen) atoms. The van der Waals surface area contributed by atoms with E-state index in [9.17, 15) is 15.0 Å². The smallest absolute Gasteiger partial charge is 0.159 e. The molecule has 2 atom stereocenters. The SMILES string of the molecule is CNCCC(O)C(O)c1cc(C(C)=O)ccc1OC. The largest absolute Gasteiger partial charge is 0.496 e. The first-order chi connectivity index (χ1) is 9.01. The van der Waals surface area contributed by atoms with Gasteiger partial charge in [0.25, 0.3) is 0 Å². The average Bonchev–Trinajstić information content (AvgIpc) is 2.42. The van der Waals surface area contributed by atoms with Crippen molar-refractivity contribution < 1.29 is 19.7 Å². The first-order valence-electron chi connectivity index (χ1n) is 6.20. The molecule has 1 aromatic carbocycles. The van der Waals surface area contributed by atoms with Crippen LogP contribution in [0.2, 0.25) is 0 Å². The number of hydrogen-bond donors (Lipinski definition) is 3. The predicted molar refractivity (Wildman–Crippen MR) is 72.5 cm³/mol. The molecule has 3 N–H and O–H groups in total. The maximum atomic E-state index is 11.4. The van der Waals surface area contributed by atoms with Gasteiger partial charge in [-0.2, -0.15) is 0 Å². The summed E-state index contributed by atoms with van der Waals surface area (Å²) in [5.74, 6) is 0.363. The molecule has 0 saturated heterocycles. The van der Waals surface area contributed by atoms with Crippen LogP contribution in [0.1, 0.15) is 35.4 Å². The van der Waals surface area contributed by atoms with E-state index in [1.807, 2.05) is 0 Å². The molecular weight excluding hydrogens is 246 g/mol. The summed E-state index contributed by atoms with van der Waals surface area (Å²) in [6.07, 6.45) is -1.59. The Morgan fingerprint density at radius 2 is 2.11 bits per heavy atom. The number of carbonyl (C=O) groups is 1. The van der Waals surface area contributed by atoms with Crippen LogP contribution in [0.25, 0.3) is 0 Å². The molecule has 0 radical (unpaired) electrons. The standard InChI is InChI=1S/C14H21NO4/c1-9(16)10-4-5-13(19-3)11(8-10)14(18)12(17)6-7-15-2/h4-5,8,12,14-15,17-18H,6-7H2,1-3H3. The predicted octanol–water partition coefficient (Wildman–Crippen LogP) is 0.902. The van der Waals surface area contributed by atoms with Crippen molar-refractivity contribution in [3.8, 4) is 5.75 Å². The summed E-state index contributed by atoms with van der Waals surface area (Å²) in [6, 6.07) is 4.83. The minimum absolute atomic E-state index is 0.0965. The van der Waals surface area contributed by atoms with E-state index in [-0.39, 0.29) is 5.78 Å². The van der Waals surface area contributed by atoms with Gasteiger partial charge in [-0.05, 0) is 45.1 Å². The highest BCUT2D eigenvalue weighted by atomic mass is 16.5. The summed E-state index contributed by atoms with van der Waals surface area (Å²) < 4.78 is 5.16. The average molecular weight is 267 g/mol. The highest BCUT2D eigenvalue weighted by Crippen LogP contribution is 2.29. The van der Waals surface area contributed by atoms with Crippen molar-refractivity contribution in [2.24, 2.45) is 0 Å². The van der Waals surface area contributed by atoms with E-state index in [4.69, 9.17) is 4.74 Å². The Kier molecular flexibility index (Phi) is 5.95. The van der Waals surface area contributed by atoms with Crippen LogP contribution in [0, 0.1) is 0 Å². The Bertz CT molecular complexity index is 433. The third-order valence-corrected chi connectivity index (χ3v) is 3.01. The van der Waals surface area contributed by atoms with Gasteiger partial charge in [0.05, 0.1) is 13.2 Å². The molecule has 0 heterocycles. The quantitative estimate of drug-likeness (QED) is 0.640. The normalized spacial score (nSPS) is 13.9. The second-order valence-corrected chi connectivity index (χ2v) is 4.42. The molecule has 106 valence electrons. The lowest BCUT2D eigenvalue weighted by Crippen LogP contribution is -2.23. The van der Waals surface area contributed by atoms with Gasteiger partial charge in [-0.3, -0.25) is 4.79 Å². The fourth-order valence-corrected chi connectivity index (χ4v) is 1.84. The van der Waals surface area contributed by atoms with Gasteiger partial charge >= 0.3 is 0 Å². The fraction of sp³-hybridized carbons (Fsp3) is 0.500. The van der Waals surface area contributed by atoms with E-state index in [0.717, 1.165) is 0 Å². The molecule has 0 spiro atoms. The van der Waals surface area contributed by atoms with E-state index in [1.54, 1.807) is 25.2 Å². The number of methoxy groups -OCH3 is 1. The Balaban J connectivity index is 3.01. The second kappa shape index (κ2) is 7.23. The van der Waals surface area contributed by atoms with E-state index in [1.165, 1.54) is 14.0 Å². The Morgan fingerprint density at radius 3 is 2.63 bits per heavy atom. The number of nitrogens with one attached hydrogen (secondary N) is 1. The van der Waals surface area contributed by atoms with Crippen molar-refractivity contribution in [2.75, 3.05) is 20.7 Å². The molecule has 1 aromatic rings. The molecule has 0 aliphatic carbocycles. The number of benzene rings is 1. The minimum atomic E-state index is -1.08. The van der Waals surface area contributed by atoms with Crippen molar-refractivity contribution in [1.82, 2.24) is 5.32 Å². The first kappa shape index (κ1) is 15.6. The van der Waals surface area contributed by atoms with Crippen LogP contribution < -0.4 is 10.1 Å². The fourth-order valence-electron chi connectivity index (χ4n) is 1.84. The van der Waals surface area contributed by atoms with Crippen molar-refractivity contribution in [3.63, 3.8) is 0 Å². The van der Waals surface area contributed by atoms with Crippen molar-refractivity contribution in [3.05, 3.63) is 29.3 Å². The highest BCUT2D eigenvalue weighted by molar-refractivity contribution is 5.94. The van der Waals surface area contributed by atoms with Gasteiger partial charge in [-0.25, -0.2) is 0 Å². The molecule has 1 rings (SSSR count).